The van der Waals surface area contributed by atoms with Gasteiger partial charge in [0.2, 0.25) is 0 Å². The second-order valence-electron chi connectivity index (χ2n) is 5.89. The van der Waals surface area contributed by atoms with Crippen molar-refractivity contribution in [3.63, 3.8) is 0 Å². The SMILES string of the molecule is CCC(C)N1CCN(C(=O)COc2ccccc2)CC1.O=C(O)C(=O)O. The van der Waals surface area contributed by atoms with Crippen LogP contribution in [0.25, 0.3) is 0 Å². The minimum Gasteiger partial charge on any atom is -0.484 e. The highest BCUT2D eigenvalue weighted by atomic mass is 16.5. The van der Waals surface area contributed by atoms with E-state index in [2.05, 4.69) is 18.7 Å². The van der Waals surface area contributed by atoms with Crippen molar-refractivity contribution in [1.29, 1.82) is 0 Å². The van der Waals surface area contributed by atoms with E-state index in [1.807, 2.05) is 35.2 Å². The Balaban J connectivity index is 0.000000487. The smallest absolute Gasteiger partial charge is 0.414 e. The number of hydrogen-bond acceptors (Lipinski definition) is 5. The fourth-order valence-electron chi connectivity index (χ4n) is 2.42. The first-order chi connectivity index (χ1) is 12.3. The lowest BCUT2D eigenvalue weighted by Gasteiger charge is -2.37. The van der Waals surface area contributed by atoms with Gasteiger partial charge in [0.1, 0.15) is 5.75 Å². The number of carboxylic acid groups (broad SMARTS) is 2. The molecule has 1 aliphatic heterocycles. The van der Waals surface area contributed by atoms with Gasteiger partial charge in [0, 0.05) is 32.2 Å². The first-order valence-electron chi connectivity index (χ1n) is 8.51. The molecule has 1 atom stereocenters. The highest BCUT2D eigenvalue weighted by molar-refractivity contribution is 6.27. The molecule has 0 radical (unpaired) electrons. The van der Waals surface area contributed by atoms with Crippen molar-refractivity contribution < 1.29 is 29.3 Å². The molecule has 1 fully saturated rings. The third kappa shape index (κ3) is 7.52. The molecule has 2 N–H and O–H groups in total. The summed E-state index contributed by atoms with van der Waals surface area (Å²) >= 11 is 0. The Hall–Kier alpha value is -2.61. The highest BCUT2D eigenvalue weighted by Crippen LogP contribution is 2.11. The van der Waals surface area contributed by atoms with Crippen LogP contribution in [0.3, 0.4) is 0 Å². The number of aliphatic carboxylic acids is 2. The van der Waals surface area contributed by atoms with E-state index in [0.29, 0.717) is 6.04 Å². The second kappa shape index (κ2) is 11.1. The van der Waals surface area contributed by atoms with E-state index in [9.17, 15) is 4.79 Å². The summed E-state index contributed by atoms with van der Waals surface area (Å²) in [5.74, 6) is -2.82. The van der Waals surface area contributed by atoms with Crippen molar-refractivity contribution in [3.8, 4) is 5.75 Å². The van der Waals surface area contributed by atoms with E-state index in [0.717, 1.165) is 38.3 Å². The molecule has 1 aliphatic rings. The Bertz CT molecular complexity index is 573. The minimum absolute atomic E-state index is 0.0812. The maximum absolute atomic E-state index is 12.1. The summed E-state index contributed by atoms with van der Waals surface area (Å²) in [7, 11) is 0. The Morgan fingerprint density at radius 3 is 2.04 bits per heavy atom. The highest BCUT2D eigenvalue weighted by Gasteiger charge is 2.23. The van der Waals surface area contributed by atoms with Crippen LogP contribution in [0.2, 0.25) is 0 Å². The van der Waals surface area contributed by atoms with Gasteiger partial charge in [-0.25, -0.2) is 9.59 Å². The van der Waals surface area contributed by atoms with Gasteiger partial charge in [0.15, 0.2) is 6.61 Å². The normalized spacial score (nSPS) is 15.4. The van der Waals surface area contributed by atoms with E-state index in [-0.39, 0.29) is 12.5 Å². The van der Waals surface area contributed by atoms with Crippen LogP contribution in [-0.2, 0) is 14.4 Å². The molecule has 1 heterocycles. The molecule has 144 valence electrons. The Morgan fingerprint density at radius 1 is 1.04 bits per heavy atom. The van der Waals surface area contributed by atoms with Crippen LogP contribution in [-0.4, -0.2) is 76.7 Å². The molecule has 8 heteroatoms. The van der Waals surface area contributed by atoms with Crippen molar-refractivity contribution in [2.24, 2.45) is 0 Å². The molecule has 1 saturated heterocycles. The lowest BCUT2D eigenvalue weighted by molar-refractivity contribution is -0.159. The van der Waals surface area contributed by atoms with Crippen molar-refractivity contribution in [3.05, 3.63) is 30.3 Å². The maximum Gasteiger partial charge on any atom is 0.414 e. The quantitative estimate of drug-likeness (QED) is 0.753. The Kier molecular flexibility index (Phi) is 9.14. The summed E-state index contributed by atoms with van der Waals surface area (Å²) in [6.45, 7) is 8.13. The first-order valence-corrected chi connectivity index (χ1v) is 8.51. The van der Waals surface area contributed by atoms with Crippen molar-refractivity contribution in [2.75, 3.05) is 32.8 Å². The fourth-order valence-corrected chi connectivity index (χ4v) is 2.42. The number of benzene rings is 1. The zero-order chi connectivity index (χ0) is 19.5. The van der Waals surface area contributed by atoms with E-state index >= 15 is 0 Å². The van der Waals surface area contributed by atoms with Gasteiger partial charge in [-0.1, -0.05) is 25.1 Å². The summed E-state index contributed by atoms with van der Waals surface area (Å²) in [4.78, 5) is 34.6. The number of nitrogens with zero attached hydrogens (tertiary/aromatic N) is 2. The summed E-state index contributed by atoms with van der Waals surface area (Å²) in [6.07, 6.45) is 1.16. The van der Waals surface area contributed by atoms with Gasteiger partial charge in [-0.3, -0.25) is 9.69 Å². The van der Waals surface area contributed by atoms with E-state index in [1.165, 1.54) is 0 Å². The molecule has 26 heavy (non-hydrogen) atoms. The molecule has 1 aromatic carbocycles. The minimum atomic E-state index is -1.82. The zero-order valence-electron chi connectivity index (χ0n) is 15.1. The zero-order valence-corrected chi connectivity index (χ0v) is 15.1. The van der Waals surface area contributed by atoms with Crippen LogP contribution in [0.4, 0.5) is 0 Å². The summed E-state index contributed by atoms with van der Waals surface area (Å²) in [5.41, 5.74) is 0. The molecule has 0 saturated carbocycles. The molecule has 0 spiro atoms. The third-order valence-corrected chi connectivity index (χ3v) is 4.17. The van der Waals surface area contributed by atoms with Gasteiger partial charge in [0.25, 0.3) is 5.91 Å². The van der Waals surface area contributed by atoms with Crippen LogP contribution in [0.1, 0.15) is 20.3 Å². The van der Waals surface area contributed by atoms with E-state index in [1.54, 1.807) is 0 Å². The largest absolute Gasteiger partial charge is 0.484 e. The topological polar surface area (TPSA) is 107 Å². The number of carbonyl (C=O) groups is 3. The van der Waals surface area contributed by atoms with E-state index < -0.39 is 11.9 Å². The molecule has 1 amide bonds. The van der Waals surface area contributed by atoms with Crippen LogP contribution in [0.5, 0.6) is 5.75 Å². The molecule has 1 unspecified atom stereocenters. The maximum atomic E-state index is 12.1. The van der Waals surface area contributed by atoms with Crippen molar-refractivity contribution in [1.82, 2.24) is 9.80 Å². The molecule has 0 aromatic heterocycles. The number of carboxylic acids is 2. The lowest BCUT2D eigenvalue weighted by atomic mass is 10.2. The number of piperazine rings is 1. The van der Waals surface area contributed by atoms with Crippen molar-refractivity contribution >= 4 is 17.8 Å². The molecule has 0 aliphatic carbocycles. The molecular weight excluding hydrogens is 340 g/mol. The Labute approximate surface area is 153 Å². The van der Waals surface area contributed by atoms with Gasteiger partial charge in [-0.2, -0.15) is 0 Å². The molecular formula is C18H26N2O6. The monoisotopic (exact) mass is 366 g/mol. The van der Waals surface area contributed by atoms with Crippen LogP contribution in [0, 0.1) is 0 Å². The number of para-hydroxylation sites is 1. The number of rotatable bonds is 5. The number of amides is 1. The summed E-state index contributed by atoms with van der Waals surface area (Å²) in [6, 6.07) is 10.1. The van der Waals surface area contributed by atoms with Crippen LogP contribution in [0.15, 0.2) is 30.3 Å². The van der Waals surface area contributed by atoms with Gasteiger partial charge in [0.05, 0.1) is 0 Å². The molecule has 0 bridgehead atoms. The van der Waals surface area contributed by atoms with Crippen LogP contribution >= 0.6 is 0 Å². The summed E-state index contributed by atoms with van der Waals surface area (Å²) < 4.78 is 5.51. The van der Waals surface area contributed by atoms with Crippen molar-refractivity contribution in [2.45, 2.75) is 26.3 Å². The molecule has 1 aromatic rings. The third-order valence-electron chi connectivity index (χ3n) is 4.17. The van der Waals surface area contributed by atoms with Gasteiger partial charge >= 0.3 is 11.9 Å². The van der Waals surface area contributed by atoms with Gasteiger partial charge in [-0.05, 0) is 25.5 Å². The van der Waals surface area contributed by atoms with Crippen LogP contribution < -0.4 is 4.74 Å². The number of carbonyl (C=O) groups excluding carboxylic acids is 1. The molecule has 2 rings (SSSR count). The Morgan fingerprint density at radius 2 is 1.58 bits per heavy atom. The number of ether oxygens (including phenoxy) is 1. The predicted octanol–water partition coefficient (Wildman–Crippen LogP) is 1.16. The number of hydrogen-bond donors (Lipinski definition) is 2. The second-order valence-corrected chi connectivity index (χ2v) is 5.89. The van der Waals surface area contributed by atoms with E-state index in [4.69, 9.17) is 24.5 Å². The van der Waals surface area contributed by atoms with Gasteiger partial charge < -0.3 is 19.8 Å². The average Bonchev–Trinajstić information content (AvgIpc) is 2.66. The first kappa shape index (κ1) is 21.4. The average molecular weight is 366 g/mol. The lowest BCUT2D eigenvalue weighted by Crippen LogP contribution is -2.52. The fraction of sp³-hybridized carbons (Fsp3) is 0.500. The predicted molar refractivity (Wildman–Crippen MR) is 95.1 cm³/mol. The standard InChI is InChI=1S/C16H24N2O2.C2H2O4/c1-3-14(2)17-9-11-18(12-10-17)16(19)13-20-15-7-5-4-6-8-15;3-1(4)2(5)6/h4-8,14H,3,9-13H2,1-2H3;(H,3,4)(H,5,6). The van der Waals surface area contributed by atoms with Gasteiger partial charge in [-0.15, -0.1) is 0 Å². The molecule has 8 nitrogen and oxygen atoms in total. The summed E-state index contributed by atoms with van der Waals surface area (Å²) in [5, 5.41) is 14.8.